The Hall–Kier alpha value is -1.32. The molecular weight excluding hydrogens is 202 g/mol. The van der Waals surface area contributed by atoms with Gasteiger partial charge in [-0.25, -0.2) is 0 Å². The van der Waals surface area contributed by atoms with E-state index in [-0.39, 0.29) is 6.29 Å². The van der Waals surface area contributed by atoms with E-state index in [4.69, 9.17) is 15.2 Å². The summed E-state index contributed by atoms with van der Waals surface area (Å²) < 4.78 is 11.3. The first kappa shape index (κ1) is 11.2. The van der Waals surface area contributed by atoms with Crippen LogP contribution in [-0.4, -0.2) is 13.2 Å². The van der Waals surface area contributed by atoms with E-state index in [0.29, 0.717) is 5.92 Å². The third-order valence-corrected chi connectivity index (χ3v) is 2.68. The molecule has 1 aliphatic heterocycles. The van der Waals surface area contributed by atoms with E-state index in [2.05, 4.69) is 6.58 Å². The minimum Gasteiger partial charge on any atom is -0.399 e. The molecule has 0 bridgehead atoms. The predicted molar refractivity (Wildman–Crippen MR) is 63.8 cm³/mol. The SMILES string of the molecule is C=CCC1COC(c2ccc(N)cc2)OC1. The van der Waals surface area contributed by atoms with Gasteiger partial charge in [-0.2, -0.15) is 0 Å². The number of hydrogen-bond donors (Lipinski definition) is 1. The lowest BCUT2D eigenvalue weighted by Gasteiger charge is -2.29. The van der Waals surface area contributed by atoms with Crippen LogP contribution >= 0.6 is 0 Å². The van der Waals surface area contributed by atoms with E-state index in [1.807, 2.05) is 30.3 Å². The summed E-state index contributed by atoms with van der Waals surface area (Å²) in [7, 11) is 0. The maximum Gasteiger partial charge on any atom is 0.183 e. The maximum absolute atomic E-state index is 5.66. The smallest absolute Gasteiger partial charge is 0.183 e. The molecule has 2 N–H and O–H groups in total. The van der Waals surface area contributed by atoms with Gasteiger partial charge in [-0.15, -0.1) is 6.58 Å². The molecular formula is C13H17NO2. The number of anilines is 1. The molecule has 2 rings (SSSR count). The molecule has 0 atom stereocenters. The fourth-order valence-electron chi connectivity index (χ4n) is 1.76. The molecule has 0 radical (unpaired) electrons. The van der Waals surface area contributed by atoms with Crippen molar-refractivity contribution in [3.05, 3.63) is 42.5 Å². The van der Waals surface area contributed by atoms with Gasteiger partial charge in [0.25, 0.3) is 0 Å². The lowest BCUT2D eigenvalue weighted by molar-refractivity contribution is -0.204. The molecule has 1 aromatic carbocycles. The van der Waals surface area contributed by atoms with Gasteiger partial charge >= 0.3 is 0 Å². The maximum atomic E-state index is 5.66. The summed E-state index contributed by atoms with van der Waals surface area (Å²) in [5, 5.41) is 0. The third-order valence-electron chi connectivity index (χ3n) is 2.68. The summed E-state index contributed by atoms with van der Waals surface area (Å²) in [5.74, 6) is 0.433. The van der Waals surface area contributed by atoms with E-state index in [0.717, 1.165) is 30.9 Å². The minimum absolute atomic E-state index is 0.248. The van der Waals surface area contributed by atoms with Crippen LogP contribution in [0.5, 0.6) is 0 Å². The molecule has 1 saturated heterocycles. The molecule has 0 spiro atoms. The van der Waals surface area contributed by atoms with E-state index in [1.54, 1.807) is 0 Å². The second kappa shape index (κ2) is 5.14. The van der Waals surface area contributed by atoms with E-state index in [1.165, 1.54) is 0 Å². The Kier molecular flexibility index (Phi) is 3.59. The first-order chi connectivity index (χ1) is 7.79. The molecule has 0 unspecified atom stereocenters. The number of nitrogens with two attached hydrogens (primary N) is 1. The first-order valence-electron chi connectivity index (χ1n) is 5.49. The molecule has 1 fully saturated rings. The molecule has 0 aromatic heterocycles. The van der Waals surface area contributed by atoms with Gasteiger partial charge in [0.1, 0.15) is 0 Å². The van der Waals surface area contributed by atoms with E-state index >= 15 is 0 Å². The van der Waals surface area contributed by atoms with Crippen LogP contribution < -0.4 is 5.73 Å². The van der Waals surface area contributed by atoms with Gasteiger partial charge in [-0.3, -0.25) is 0 Å². The first-order valence-corrected chi connectivity index (χ1v) is 5.49. The molecule has 1 heterocycles. The zero-order valence-electron chi connectivity index (χ0n) is 9.26. The topological polar surface area (TPSA) is 44.5 Å². The fourth-order valence-corrected chi connectivity index (χ4v) is 1.76. The highest BCUT2D eigenvalue weighted by atomic mass is 16.7. The van der Waals surface area contributed by atoms with Crippen molar-refractivity contribution in [2.75, 3.05) is 18.9 Å². The average Bonchev–Trinajstić information content (AvgIpc) is 2.32. The lowest BCUT2D eigenvalue weighted by Crippen LogP contribution is -2.26. The predicted octanol–water partition coefficient (Wildman–Crippen LogP) is 2.51. The molecule has 1 aromatic rings. The van der Waals surface area contributed by atoms with Crippen molar-refractivity contribution in [1.29, 1.82) is 0 Å². The zero-order valence-corrected chi connectivity index (χ0v) is 9.26. The van der Waals surface area contributed by atoms with E-state index in [9.17, 15) is 0 Å². The molecule has 86 valence electrons. The minimum atomic E-state index is -0.248. The standard InChI is InChI=1S/C13H17NO2/c1-2-3-10-8-15-13(16-9-10)11-4-6-12(14)7-5-11/h2,4-7,10,13H,1,3,8-9,14H2. The van der Waals surface area contributed by atoms with Gasteiger partial charge < -0.3 is 15.2 Å². The highest BCUT2D eigenvalue weighted by Gasteiger charge is 2.22. The van der Waals surface area contributed by atoms with Gasteiger partial charge in [0, 0.05) is 17.2 Å². The summed E-state index contributed by atoms with van der Waals surface area (Å²) in [6.07, 6.45) is 2.59. The van der Waals surface area contributed by atoms with Crippen LogP contribution in [0, 0.1) is 5.92 Å². The lowest BCUT2D eigenvalue weighted by atomic mass is 10.1. The number of allylic oxidation sites excluding steroid dienone is 1. The van der Waals surface area contributed by atoms with Gasteiger partial charge in [0.2, 0.25) is 0 Å². The molecule has 0 saturated carbocycles. The van der Waals surface area contributed by atoms with Crippen molar-refractivity contribution >= 4 is 5.69 Å². The average molecular weight is 219 g/mol. The number of benzene rings is 1. The monoisotopic (exact) mass is 219 g/mol. The quantitative estimate of drug-likeness (QED) is 0.627. The van der Waals surface area contributed by atoms with Crippen LogP contribution in [0.25, 0.3) is 0 Å². The molecule has 1 aliphatic rings. The molecule has 3 heteroatoms. The second-order valence-electron chi connectivity index (χ2n) is 4.06. The van der Waals surface area contributed by atoms with Gasteiger partial charge in [0.15, 0.2) is 6.29 Å². The Labute approximate surface area is 95.9 Å². The van der Waals surface area contributed by atoms with Crippen LogP contribution in [0.1, 0.15) is 18.3 Å². The Balaban J connectivity index is 1.93. The highest BCUT2D eigenvalue weighted by Crippen LogP contribution is 2.26. The highest BCUT2D eigenvalue weighted by molar-refractivity contribution is 5.39. The van der Waals surface area contributed by atoms with Crippen molar-refractivity contribution in [1.82, 2.24) is 0 Å². The van der Waals surface area contributed by atoms with Crippen LogP contribution in [0.4, 0.5) is 5.69 Å². The number of rotatable bonds is 3. The summed E-state index contributed by atoms with van der Waals surface area (Å²) >= 11 is 0. The van der Waals surface area contributed by atoms with Gasteiger partial charge in [-0.05, 0) is 18.6 Å². The Bertz CT molecular complexity index is 339. The van der Waals surface area contributed by atoms with Gasteiger partial charge in [0.05, 0.1) is 13.2 Å². The third kappa shape index (κ3) is 2.62. The zero-order chi connectivity index (χ0) is 11.4. The van der Waals surface area contributed by atoms with Crippen molar-refractivity contribution < 1.29 is 9.47 Å². The molecule has 16 heavy (non-hydrogen) atoms. The summed E-state index contributed by atoms with van der Waals surface area (Å²) in [6, 6.07) is 7.59. The number of hydrogen-bond acceptors (Lipinski definition) is 3. The second-order valence-corrected chi connectivity index (χ2v) is 4.06. The Morgan fingerprint density at radius 3 is 2.44 bits per heavy atom. The number of nitrogen functional groups attached to an aromatic ring is 1. The summed E-state index contributed by atoms with van der Waals surface area (Å²) in [6.45, 7) is 5.16. The van der Waals surface area contributed by atoms with Crippen LogP contribution in [-0.2, 0) is 9.47 Å². The van der Waals surface area contributed by atoms with Crippen LogP contribution in [0.15, 0.2) is 36.9 Å². The van der Waals surface area contributed by atoms with Crippen molar-refractivity contribution in [3.8, 4) is 0 Å². The largest absolute Gasteiger partial charge is 0.399 e. The van der Waals surface area contributed by atoms with Crippen LogP contribution in [0.2, 0.25) is 0 Å². The van der Waals surface area contributed by atoms with Gasteiger partial charge in [-0.1, -0.05) is 18.2 Å². The Morgan fingerprint density at radius 2 is 1.88 bits per heavy atom. The normalized spacial score (nSPS) is 25.2. The van der Waals surface area contributed by atoms with Crippen molar-refractivity contribution in [3.63, 3.8) is 0 Å². The van der Waals surface area contributed by atoms with Crippen molar-refractivity contribution in [2.24, 2.45) is 5.92 Å². The van der Waals surface area contributed by atoms with Crippen LogP contribution in [0.3, 0.4) is 0 Å². The molecule has 3 nitrogen and oxygen atoms in total. The fraction of sp³-hybridized carbons (Fsp3) is 0.385. The van der Waals surface area contributed by atoms with Crippen molar-refractivity contribution in [2.45, 2.75) is 12.7 Å². The molecule has 0 aliphatic carbocycles. The van der Waals surface area contributed by atoms with E-state index < -0.39 is 0 Å². The Morgan fingerprint density at radius 1 is 1.25 bits per heavy atom. The number of ether oxygens (including phenoxy) is 2. The summed E-state index contributed by atoms with van der Waals surface area (Å²) in [4.78, 5) is 0. The summed E-state index contributed by atoms with van der Waals surface area (Å²) in [5.41, 5.74) is 7.40. The molecule has 0 amide bonds.